The predicted molar refractivity (Wildman–Crippen MR) is 215 cm³/mol. The third-order valence-corrected chi connectivity index (χ3v) is 11.7. The molecule has 2 aliphatic carbocycles. The number of nitrogens with one attached hydrogen (secondary N) is 2. The Morgan fingerprint density at radius 3 is 1.89 bits per heavy atom. The van der Waals surface area contributed by atoms with Crippen LogP contribution in [0.2, 0.25) is 0 Å². The normalized spacial score (nSPS) is 16.1. The summed E-state index contributed by atoms with van der Waals surface area (Å²) in [6.45, 7) is 11.4. The van der Waals surface area contributed by atoms with E-state index in [2.05, 4.69) is 63.9 Å². The Morgan fingerprint density at radius 2 is 1.27 bits per heavy atom. The molecular weight excluding hydrogens is 819 g/mol. The smallest absolute Gasteiger partial charge is 0.419 e. The van der Waals surface area contributed by atoms with Crippen LogP contribution in [0.1, 0.15) is 86.7 Å². The van der Waals surface area contributed by atoms with Crippen LogP contribution in [0, 0.1) is 10.8 Å². The third-order valence-electron chi connectivity index (χ3n) is 11.7. The van der Waals surface area contributed by atoms with Gasteiger partial charge in [0.05, 0.1) is 11.1 Å². The first-order valence-corrected chi connectivity index (χ1v) is 20.6. The van der Waals surface area contributed by atoms with Crippen molar-refractivity contribution < 1.29 is 40.1 Å². The molecule has 2 N–H and O–H groups in total. The summed E-state index contributed by atoms with van der Waals surface area (Å²) in [5, 5.41) is 17.3. The van der Waals surface area contributed by atoms with Gasteiger partial charge in [0, 0.05) is 60.3 Å². The molecule has 2 aliphatic rings. The van der Waals surface area contributed by atoms with Crippen molar-refractivity contribution in [2.45, 2.75) is 98.5 Å². The van der Waals surface area contributed by atoms with Gasteiger partial charge in [-0.15, -0.1) is 0 Å². The van der Waals surface area contributed by atoms with Crippen molar-refractivity contribution >= 4 is 0 Å². The molecule has 2 aromatic carbocycles. The van der Waals surface area contributed by atoms with E-state index in [1.54, 1.807) is 4.68 Å². The van der Waals surface area contributed by atoms with Gasteiger partial charge in [0.25, 0.3) is 11.8 Å². The fourth-order valence-electron chi connectivity index (χ4n) is 8.37. The van der Waals surface area contributed by atoms with Crippen molar-refractivity contribution in [2.24, 2.45) is 17.9 Å². The summed E-state index contributed by atoms with van der Waals surface area (Å²) in [6, 6.07) is 7.40. The number of fused-ring (bicyclic) bond motifs is 2. The Bertz CT molecular complexity index is 2580. The average molecular weight is 867 g/mol. The second-order valence-electron chi connectivity index (χ2n) is 17.5. The number of rotatable bonds is 13. The molecular formula is C43H48F6N10O3. The maximum absolute atomic E-state index is 14.3. The quantitative estimate of drug-likeness (QED) is 0.0652. The molecule has 0 saturated carbocycles. The topological polar surface area (TPSA) is 147 Å². The third kappa shape index (κ3) is 8.86. The van der Waals surface area contributed by atoms with E-state index in [9.17, 15) is 26.3 Å². The van der Waals surface area contributed by atoms with Crippen LogP contribution < -0.4 is 15.6 Å². The van der Waals surface area contributed by atoms with Gasteiger partial charge in [0.15, 0.2) is 11.4 Å². The molecule has 0 unspecified atom stereocenters. The number of halogens is 6. The molecule has 330 valence electrons. The summed E-state index contributed by atoms with van der Waals surface area (Å²) in [5.41, 5.74) is 9.52. The molecule has 4 heterocycles. The number of hydrogen-bond acceptors (Lipinski definition) is 11. The molecule has 19 heteroatoms. The number of benzene rings is 2. The lowest BCUT2D eigenvalue weighted by atomic mass is 9.76. The van der Waals surface area contributed by atoms with Crippen molar-refractivity contribution in [3.8, 4) is 51.7 Å². The number of nitrogens with zero attached hydrogens (tertiary/aromatic N) is 8. The van der Waals surface area contributed by atoms with E-state index in [1.807, 2.05) is 18.7 Å². The maximum Gasteiger partial charge on any atom is 0.419 e. The first kappa shape index (κ1) is 43.1. The van der Waals surface area contributed by atoms with Gasteiger partial charge < -0.3 is 13.8 Å². The minimum atomic E-state index is -4.76. The summed E-state index contributed by atoms with van der Waals surface area (Å²) in [4.78, 5) is 8.85. The van der Waals surface area contributed by atoms with Crippen LogP contribution in [0.4, 0.5) is 26.3 Å². The SMILES string of the molecule is CCn1nc(-c2nc(-c3ccc(OCCNNCCc4ccc(-c5noc(-c6nn(C)c7c6CCC(C)(C)C7)n5)cc4C(F)(F)F)c(C(F)(F)F)c3)no2)c2c1CC(C)(C)CC2. The van der Waals surface area contributed by atoms with Crippen LogP contribution in [0.15, 0.2) is 45.4 Å². The van der Waals surface area contributed by atoms with Crippen LogP contribution in [0.3, 0.4) is 0 Å². The largest absolute Gasteiger partial charge is 0.492 e. The van der Waals surface area contributed by atoms with E-state index in [1.165, 1.54) is 24.3 Å². The highest BCUT2D eigenvalue weighted by atomic mass is 19.4. The van der Waals surface area contributed by atoms with Gasteiger partial charge in [-0.25, -0.2) is 0 Å². The van der Waals surface area contributed by atoms with Crippen LogP contribution in [0.25, 0.3) is 45.9 Å². The first-order chi connectivity index (χ1) is 29.3. The van der Waals surface area contributed by atoms with Gasteiger partial charge >= 0.3 is 12.4 Å². The van der Waals surface area contributed by atoms with Gasteiger partial charge in [0.1, 0.15) is 12.4 Å². The van der Waals surface area contributed by atoms with Crippen molar-refractivity contribution in [3.63, 3.8) is 0 Å². The molecule has 6 aromatic rings. The molecule has 0 bridgehead atoms. The molecule has 0 radical (unpaired) electrons. The molecule has 13 nitrogen and oxygen atoms in total. The number of ether oxygens (including phenoxy) is 1. The van der Waals surface area contributed by atoms with Gasteiger partial charge in [0.2, 0.25) is 11.6 Å². The fraction of sp³-hybridized carbons (Fsp3) is 0.488. The Hall–Kier alpha value is -5.56. The second kappa shape index (κ2) is 16.3. The summed E-state index contributed by atoms with van der Waals surface area (Å²) in [5.74, 6) is -0.121. The lowest BCUT2D eigenvalue weighted by molar-refractivity contribution is -0.139. The molecule has 0 aliphatic heterocycles. The van der Waals surface area contributed by atoms with Gasteiger partial charge in [-0.05, 0) is 92.5 Å². The number of alkyl halides is 6. The summed E-state index contributed by atoms with van der Waals surface area (Å²) < 4.78 is 106. The predicted octanol–water partition coefficient (Wildman–Crippen LogP) is 8.85. The Balaban J connectivity index is 0.868. The molecule has 4 aromatic heterocycles. The van der Waals surface area contributed by atoms with E-state index < -0.39 is 29.2 Å². The summed E-state index contributed by atoms with van der Waals surface area (Å²) >= 11 is 0. The van der Waals surface area contributed by atoms with Crippen molar-refractivity contribution in [1.29, 1.82) is 0 Å². The molecule has 8 rings (SSSR count). The number of hydrazine groups is 1. The van der Waals surface area contributed by atoms with E-state index in [-0.39, 0.29) is 77.1 Å². The average Bonchev–Trinajstić information content (AvgIpc) is 4.02. The van der Waals surface area contributed by atoms with Gasteiger partial charge in [-0.2, -0.15) is 46.5 Å². The Labute approximate surface area is 353 Å². The van der Waals surface area contributed by atoms with E-state index in [0.29, 0.717) is 17.9 Å². The number of aryl methyl sites for hydroxylation is 2. The highest BCUT2D eigenvalue weighted by molar-refractivity contribution is 5.64. The van der Waals surface area contributed by atoms with Crippen LogP contribution in [0.5, 0.6) is 5.75 Å². The zero-order valence-corrected chi connectivity index (χ0v) is 35.3. The molecule has 0 spiro atoms. The Morgan fingerprint density at radius 1 is 0.726 bits per heavy atom. The zero-order valence-electron chi connectivity index (χ0n) is 35.3. The standard InChI is InChI=1S/C43H48F6N10O3/c1-7-59-32-23-41(4,5)16-13-28(32)35(55-59)39-53-37(57-62-39)26-10-11-33(30(21-26)43(47,48)49)60-19-18-51-50-17-14-24-8-9-25(20-29(24)42(44,45)46)36-52-38(61-56-36)34-27-12-15-40(2,3)22-31(27)58(6)54-34/h8-11,20-21,50-51H,7,12-19,22-23H2,1-6H3. The summed E-state index contributed by atoms with van der Waals surface area (Å²) in [7, 11) is 1.85. The molecule has 62 heavy (non-hydrogen) atoms. The lowest BCUT2D eigenvalue weighted by Crippen LogP contribution is -2.36. The minimum absolute atomic E-state index is 0.0119. The maximum atomic E-state index is 14.3. The van der Waals surface area contributed by atoms with Gasteiger partial charge in [-0.3, -0.25) is 20.2 Å². The van der Waals surface area contributed by atoms with Crippen LogP contribution >= 0.6 is 0 Å². The lowest BCUT2D eigenvalue weighted by Gasteiger charge is -2.30. The monoisotopic (exact) mass is 866 g/mol. The second-order valence-corrected chi connectivity index (χ2v) is 17.5. The highest BCUT2D eigenvalue weighted by Crippen LogP contribution is 2.42. The Kier molecular flexibility index (Phi) is 11.3. The van der Waals surface area contributed by atoms with Gasteiger partial charge in [-0.1, -0.05) is 50.1 Å². The zero-order chi connectivity index (χ0) is 44.2. The molecule has 0 atom stereocenters. The fourth-order valence-corrected chi connectivity index (χ4v) is 8.37. The van der Waals surface area contributed by atoms with Crippen molar-refractivity contribution in [3.05, 3.63) is 75.6 Å². The van der Waals surface area contributed by atoms with E-state index >= 15 is 0 Å². The van der Waals surface area contributed by atoms with Crippen LogP contribution in [-0.2, 0) is 58.0 Å². The van der Waals surface area contributed by atoms with E-state index in [4.69, 9.17) is 18.9 Å². The molecule has 0 saturated heterocycles. The highest BCUT2D eigenvalue weighted by Gasteiger charge is 2.37. The molecule has 0 fully saturated rings. The molecule has 0 amide bonds. The number of aromatic nitrogens is 8. The van der Waals surface area contributed by atoms with Crippen LogP contribution in [-0.4, -0.2) is 59.5 Å². The van der Waals surface area contributed by atoms with E-state index in [0.717, 1.165) is 73.2 Å². The van der Waals surface area contributed by atoms with Crippen molar-refractivity contribution in [2.75, 3.05) is 19.7 Å². The number of hydrogen-bond donors (Lipinski definition) is 2. The summed E-state index contributed by atoms with van der Waals surface area (Å²) in [6.07, 6.45) is -4.33. The first-order valence-electron chi connectivity index (χ1n) is 20.6. The van der Waals surface area contributed by atoms with Crippen molar-refractivity contribution in [1.82, 2.24) is 50.7 Å². The minimum Gasteiger partial charge on any atom is -0.492 e.